The number of anilines is 1. The zero-order valence-corrected chi connectivity index (χ0v) is 16.2. The molecule has 4 aromatic rings. The number of amides is 1. The molecule has 144 valence electrons. The molecule has 0 aliphatic carbocycles. The lowest BCUT2D eigenvalue weighted by Crippen LogP contribution is -2.20. The number of nitrogens with zero attached hydrogens (tertiary/aromatic N) is 4. The van der Waals surface area contributed by atoms with Crippen molar-refractivity contribution in [2.24, 2.45) is 0 Å². The van der Waals surface area contributed by atoms with Crippen molar-refractivity contribution in [2.75, 3.05) is 5.32 Å². The van der Waals surface area contributed by atoms with Gasteiger partial charge in [-0.25, -0.2) is 0 Å². The van der Waals surface area contributed by atoms with Crippen LogP contribution in [0.4, 0.5) is 5.69 Å². The second-order valence-corrected chi connectivity index (χ2v) is 6.68. The molecule has 0 bridgehead atoms. The molecule has 0 radical (unpaired) electrons. The molecule has 0 fully saturated rings. The molecule has 4 rings (SSSR count). The van der Waals surface area contributed by atoms with E-state index >= 15 is 0 Å². The normalized spacial score (nSPS) is 11.4. The first kappa shape index (κ1) is 18.6. The van der Waals surface area contributed by atoms with Crippen LogP contribution in [0.5, 0.6) is 0 Å². The van der Waals surface area contributed by atoms with E-state index in [-0.39, 0.29) is 5.70 Å². The zero-order valence-electron chi connectivity index (χ0n) is 15.4. The van der Waals surface area contributed by atoms with Gasteiger partial charge in [0.25, 0.3) is 5.91 Å². The van der Waals surface area contributed by atoms with Crippen molar-refractivity contribution in [1.82, 2.24) is 20.2 Å². The third-order valence-electron chi connectivity index (χ3n) is 4.23. The SMILES string of the molecule is Cc1ccc(Cl)cc1NC(=O)/C(=C/c1ccco1)n1nnnc1-c1ccccc1. The number of halogens is 1. The maximum absolute atomic E-state index is 13.2. The fourth-order valence-electron chi connectivity index (χ4n) is 2.76. The Balaban J connectivity index is 1.77. The van der Waals surface area contributed by atoms with Gasteiger partial charge in [0.15, 0.2) is 5.82 Å². The number of furan rings is 1. The Morgan fingerprint density at radius 1 is 1.14 bits per heavy atom. The third kappa shape index (κ3) is 4.09. The Kier molecular flexibility index (Phi) is 5.22. The zero-order chi connectivity index (χ0) is 20.2. The molecule has 0 aliphatic rings. The Hall–Kier alpha value is -3.71. The number of aromatic nitrogens is 4. The highest BCUT2D eigenvalue weighted by molar-refractivity contribution is 6.31. The maximum Gasteiger partial charge on any atom is 0.274 e. The number of tetrazole rings is 1. The quantitative estimate of drug-likeness (QED) is 0.493. The van der Waals surface area contributed by atoms with Crippen LogP contribution in [0.2, 0.25) is 5.02 Å². The summed E-state index contributed by atoms with van der Waals surface area (Å²) in [6.45, 7) is 1.88. The molecule has 29 heavy (non-hydrogen) atoms. The predicted octanol–water partition coefficient (Wildman–Crippen LogP) is 4.53. The fourth-order valence-corrected chi connectivity index (χ4v) is 2.93. The molecule has 2 aromatic heterocycles. The summed E-state index contributed by atoms with van der Waals surface area (Å²) < 4.78 is 6.77. The van der Waals surface area contributed by atoms with Crippen LogP contribution < -0.4 is 5.32 Å². The van der Waals surface area contributed by atoms with E-state index in [0.717, 1.165) is 11.1 Å². The van der Waals surface area contributed by atoms with Crippen molar-refractivity contribution in [3.63, 3.8) is 0 Å². The number of carbonyl (C=O) groups is 1. The van der Waals surface area contributed by atoms with Crippen LogP contribution in [-0.4, -0.2) is 26.1 Å². The van der Waals surface area contributed by atoms with Gasteiger partial charge < -0.3 is 9.73 Å². The summed E-state index contributed by atoms with van der Waals surface area (Å²) in [5, 5.41) is 15.3. The Bertz CT molecular complexity index is 1170. The number of hydrogen-bond donors (Lipinski definition) is 1. The van der Waals surface area contributed by atoms with Gasteiger partial charge in [-0.1, -0.05) is 48.0 Å². The van der Waals surface area contributed by atoms with Crippen LogP contribution in [-0.2, 0) is 4.79 Å². The fraction of sp³-hybridized carbons (Fsp3) is 0.0476. The average Bonchev–Trinajstić information content (AvgIpc) is 3.41. The molecular formula is C21H16ClN5O2. The summed E-state index contributed by atoms with van der Waals surface area (Å²) in [6, 6.07) is 18.1. The lowest BCUT2D eigenvalue weighted by Gasteiger charge is -2.12. The van der Waals surface area contributed by atoms with E-state index in [4.69, 9.17) is 16.0 Å². The van der Waals surface area contributed by atoms with Crippen molar-refractivity contribution >= 4 is 35.0 Å². The van der Waals surface area contributed by atoms with Crippen LogP contribution in [0.15, 0.2) is 71.3 Å². The van der Waals surface area contributed by atoms with E-state index in [1.807, 2.05) is 43.3 Å². The van der Waals surface area contributed by atoms with Crippen LogP contribution >= 0.6 is 11.6 Å². The number of carbonyl (C=O) groups excluding carboxylic acids is 1. The first-order valence-corrected chi connectivity index (χ1v) is 9.16. The second-order valence-electron chi connectivity index (χ2n) is 6.24. The van der Waals surface area contributed by atoms with Crippen molar-refractivity contribution in [3.8, 4) is 11.4 Å². The lowest BCUT2D eigenvalue weighted by atomic mass is 10.2. The van der Waals surface area contributed by atoms with Crippen LogP contribution in [0.25, 0.3) is 23.2 Å². The van der Waals surface area contributed by atoms with Gasteiger partial charge in [0.05, 0.1) is 6.26 Å². The molecule has 2 aromatic carbocycles. The Morgan fingerprint density at radius 2 is 1.97 bits per heavy atom. The largest absolute Gasteiger partial charge is 0.465 e. The number of rotatable bonds is 5. The van der Waals surface area contributed by atoms with Crippen molar-refractivity contribution in [3.05, 3.63) is 83.3 Å². The summed E-state index contributed by atoms with van der Waals surface area (Å²) in [5.74, 6) is 0.519. The monoisotopic (exact) mass is 405 g/mol. The van der Waals surface area contributed by atoms with E-state index in [1.54, 1.807) is 30.3 Å². The highest BCUT2D eigenvalue weighted by atomic mass is 35.5. The van der Waals surface area contributed by atoms with Crippen LogP contribution in [0.1, 0.15) is 11.3 Å². The number of nitrogens with one attached hydrogen (secondary N) is 1. The van der Waals surface area contributed by atoms with E-state index in [0.29, 0.717) is 22.3 Å². The van der Waals surface area contributed by atoms with Crippen LogP contribution in [0.3, 0.4) is 0 Å². The molecule has 1 N–H and O–H groups in total. The highest BCUT2D eigenvalue weighted by Gasteiger charge is 2.20. The van der Waals surface area contributed by atoms with Crippen molar-refractivity contribution in [2.45, 2.75) is 6.92 Å². The first-order chi connectivity index (χ1) is 14.1. The van der Waals surface area contributed by atoms with Crippen molar-refractivity contribution < 1.29 is 9.21 Å². The van der Waals surface area contributed by atoms with Gasteiger partial charge in [0, 0.05) is 22.3 Å². The Labute approximate surface area is 171 Å². The molecule has 0 saturated carbocycles. The molecule has 1 amide bonds. The molecule has 0 aliphatic heterocycles. The minimum Gasteiger partial charge on any atom is -0.465 e. The average molecular weight is 406 g/mol. The van der Waals surface area contributed by atoms with Gasteiger partial charge in [0.1, 0.15) is 11.5 Å². The smallest absolute Gasteiger partial charge is 0.274 e. The molecule has 7 nitrogen and oxygen atoms in total. The van der Waals surface area contributed by atoms with Crippen LogP contribution in [0, 0.1) is 6.92 Å². The van der Waals surface area contributed by atoms with Gasteiger partial charge in [-0.2, -0.15) is 4.68 Å². The van der Waals surface area contributed by atoms with Gasteiger partial charge >= 0.3 is 0 Å². The molecular weight excluding hydrogens is 390 g/mol. The molecule has 0 atom stereocenters. The van der Waals surface area contributed by atoms with Crippen molar-refractivity contribution in [1.29, 1.82) is 0 Å². The summed E-state index contributed by atoms with van der Waals surface area (Å²) in [6.07, 6.45) is 3.11. The standard InChI is InChI=1S/C21H16ClN5O2/c1-14-9-10-16(22)12-18(14)23-21(28)19(13-17-8-5-11-29-17)27-20(24-25-26-27)15-6-3-2-4-7-15/h2-13H,1H3,(H,23,28)/b19-13-. The summed E-state index contributed by atoms with van der Waals surface area (Å²) in [4.78, 5) is 13.2. The van der Waals surface area contributed by atoms with Gasteiger partial charge in [-0.05, 0) is 47.2 Å². The number of benzene rings is 2. The minimum atomic E-state index is -0.406. The molecule has 2 heterocycles. The summed E-state index contributed by atoms with van der Waals surface area (Å²) >= 11 is 6.08. The van der Waals surface area contributed by atoms with E-state index in [2.05, 4.69) is 20.8 Å². The predicted molar refractivity (Wildman–Crippen MR) is 111 cm³/mol. The maximum atomic E-state index is 13.2. The van der Waals surface area contributed by atoms with E-state index in [9.17, 15) is 4.79 Å². The van der Waals surface area contributed by atoms with Gasteiger partial charge in [-0.3, -0.25) is 4.79 Å². The molecule has 8 heteroatoms. The van der Waals surface area contributed by atoms with E-state index in [1.165, 1.54) is 10.9 Å². The van der Waals surface area contributed by atoms with Gasteiger partial charge in [-0.15, -0.1) is 5.10 Å². The molecule has 0 spiro atoms. The topological polar surface area (TPSA) is 85.8 Å². The summed E-state index contributed by atoms with van der Waals surface area (Å²) in [7, 11) is 0. The Morgan fingerprint density at radius 3 is 2.72 bits per heavy atom. The molecule has 0 saturated heterocycles. The molecule has 0 unspecified atom stereocenters. The first-order valence-electron chi connectivity index (χ1n) is 8.79. The lowest BCUT2D eigenvalue weighted by molar-refractivity contribution is -0.111. The van der Waals surface area contributed by atoms with E-state index < -0.39 is 5.91 Å². The minimum absolute atomic E-state index is 0.197. The number of hydrogen-bond acceptors (Lipinski definition) is 5. The summed E-state index contributed by atoms with van der Waals surface area (Å²) in [5.41, 5.74) is 2.44. The second kappa shape index (κ2) is 8.12. The third-order valence-corrected chi connectivity index (χ3v) is 4.47. The van der Waals surface area contributed by atoms with Gasteiger partial charge in [0.2, 0.25) is 0 Å². The number of aryl methyl sites for hydroxylation is 1. The highest BCUT2D eigenvalue weighted by Crippen LogP contribution is 2.24.